The Morgan fingerprint density at radius 2 is 1.75 bits per heavy atom. The van der Waals surface area contributed by atoms with Crippen molar-refractivity contribution in [1.29, 1.82) is 10.5 Å². The lowest BCUT2D eigenvalue weighted by molar-refractivity contribution is -0.142. The van der Waals surface area contributed by atoms with Crippen LogP contribution in [0.2, 0.25) is 0 Å². The summed E-state index contributed by atoms with van der Waals surface area (Å²) in [6, 6.07) is 14.2. The van der Waals surface area contributed by atoms with Crippen molar-refractivity contribution in [1.82, 2.24) is 29.2 Å². The summed E-state index contributed by atoms with van der Waals surface area (Å²) in [5.41, 5.74) is 4.19. The number of aromatic nitrogens is 4. The van der Waals surface area contributed by atoms with Crippen LogP contribution in [-0.4, -0.2) is 67.8 Å². The summed E-state index contributed by atoms with van der Waals surface area (Å²) in [7, 11) is 3.88. The minimum absolute atomic E-state index is 0.154. The minimum Gasteiger partial charge on any atom is -0.341 e. The number of hydrogen-bond donors (Lipinski definition) is 0. The molecular weight excluding hydrogens is 520 g/mol. The van der Waals surface area contributed by atoms with Gasteiger partial charge in [-0.05, 0) is 65.9 Å². The van der Waals surface area contributed by atoms with Crippen molar-refractivity contribution < 1.29 is 4.79 Å². The van der Waals surface area contributed by atoms with Crippen molar-refractivity contribution in [3.63, 3.8) is 0 Å². The van der Waals surface area contributed by atoms with Crippen molar-refractivity contribution in [2.45, 2.75) is 55.0 Å². The first kappa shape index (κ1) is 27.4. The molecule has 1 aliphatic heterocycles. The highest BCUT2D eigenvalue weighted by atomic mass is 32.2. The van der Waals surface area contributed by atoms with E-state index in [4.69, 9.17) is 5.10 Å². The van der Waals surface area contributed by atoms with E-state index in [1.165, 1.54) is 11.8 Å². The van der Waals surface area contributed by atoms with E-state index in [0.717, 1.165) is 39.5 Å². The third-order valence-corrected chi connectivity index (χ3v) is 9.13. The third-order valence-electron chi connectivity index (χ3n) is 8.02. The molecule has 1 aliphatic rings. The lowest BCUT2D eigenvalue weighted by Crippen LogP contribution is -2.55. The molecule has 0 unspecified atom stereocenters. The number of piperidine rings is 1. The van der Waals surface area contributed by atoms with E-state index in [-0.39, 0.29) is 11.9 Å². The lowest BCUT2D eigenvalue weighted by Gasteiger charge is -2.40. The van der Waals surface area contributed by atoms with Crippen LogP contribution < -0.4 is 0 Å². The largest absolute Gasteiger partial charge is 0.341 e. The summed E-state index contributed by atoms with van der Waals surface area (Å²) in [5.74, 6) is 0.154. The first-order valence-electron chi connectivity index (χ1n) is 13.3. The van der Waals surface area contributed by atoms with E-state index >= 15 is 0 Å². The Morgan fingerprint density at radius 1 is 1.05 bits per heavy atom. The number of fused-ring (bicyclic) bond motifs is 1. The van der Waals surface area contributed by atoms with Gasteiger partial charge in [-0.15, -0.1) is 0 Å². The monoisotopic (exact) mass is 552 g/mol. The molecule has 0 aliphatic carbocycles. The van der Waals surface area contributed by atoms with Crippen LogP contribution in [0, 0.1) is 29.6 Å². The van der Waals surface area contributed by atoms with Gasteiger partial charge in [0.15, 0.2) is 0 Å². The number of likely N-dealkylation sites (tertiary alicyclic amines) is 1. The fourth-order valence-electron chi connectivity index (χ4n) is 5.12. The average molecular weight is 553 g/mol. The number of carbonyl (C=O) groups excluding carboxylic acids is 1. The second kappa shape index (κ2) is 10.8. The number of amides is 1. The molecule has 0 bridgehead atoms. The Labute approximate surface area is 238 Å². The Hall–Kier alpha value is -4.12. The summed E-state index contributed by atoms with van der Waals surface area (Å²) < 4.78 is 3.82. The molecule has 4 heterocycles. The maximum Gasteiger partial charge on any atom is 0.242 e. The number of nitrogens with zero attached hydrogens (tertiary/aromatic N) is 8. The number of rotatable bonds is 6. The number of nitriles is 2. The number of hydrogen-bond acceptors (Lipinski definition) is 7. The Balaban J connectivity index is 1.44. The molecule has 4 aromatic rings. The van der Waals surface area contributed by atoms with Gasteiger partial charge in [0.1, 0.15) is 12.1 Å². The second-order valence-corrected chi connectivity index (χ2v) is 11.9. The van der Waals surface area contributed by atoms with Crippen LogP contribution in [-0.2, 0) is 4.79 Å². The van der Waals surface area contributed by atoms with E-state index in [9.17, 15) is 15.3 Å². The molecule has 1 saturated heterocycles. The van der Waals surface area contributed by atoms with Crippen LogP contribution in [0.1, 0.15) is 49.6 Å². The molecule has 40 heavy (non-hydrogen) atoms. The van der Waals surface area contributed by atoms with Crippen LogP contribution in [0.5, 0.6) is 0 Å². The third kappa shape index (κ3) is 4.85. The predicted octanol–water partition coefficient (Wildman–Crippen LogP) is 4.90. The van der Waals surface area contributed by atoms with Gasteiger partial charge in [-0.25, -0.2) is 4.52 Å². The Bertz CT molecular complexity index is 1660. The maximum absolute atomic E-state index is 13.1. The quantitative estimate of drug-likeness (QED) is 0.335. The summed E-state index contributed by atoms with van der Waals surface area (Å²) in [5, 5.41) is 28.6. The Morgan fingerprint density at radius 3 is 2.42 bits per heavy atom. The minimum atomic E-state index is -0.540. The van der Waals surface area contributed by atoms with Crippen LogP contribution in [0.3, 0.4) is 0 Å². The van der Waals surface area contributed by atoms with Gasteiger partial charge in [0, 0.05) is 45.9 Å². The number of carbonyl (C=O) groups is 1. The van der Waals surface area contributed by atoms with Crippen molar-refractivity contribution in [2.24, 2.45) is 0 Å². The predicted molar refractivity (Wildman–Crippen MR) is 154 cm³/mol. The molecular formula is C30H32N8OS. The van der Waals surface area contributed by atoms with E-state index in [2.05, 4.69) is 34.9 Å². The van der Waals surface area contributed by atoms with E-state index < -0.39 is 5.54 Å². The van der Waals surface area contributed by atoms with E-state index in [1.807, 2.05) is 68.3 Å². The van der Waals surface area contributed by atoms with Gasteiger partial charge in [-0.1, -0.05) is 23.9 Å². The highest BCUT2D eigenvalue weighted by Gasteiger charge is 2.36. The highest BCUT2D eigenvalue weighted by Crippen LogP contribution is 2.38. The summed E-state index contributed by atoms with van der Waals surface area (Å²) in [4.78, 5) is 18.7. The topological polar surface area (TPSA) is 106 Å². The summed E-state index contributed by atoms with van der Waals surface area (Å²) in [6.45, 7) is 7.40. The number of likely N-dealkylation sites (N-methyl/N-ethyl adjacent to an activating group) is 1. The van der Waals surface area contributed by atoms with Gasteiger partial charge in [0.25, 0.3) is 0 Å². The molecule has 1 amide bonds. The smallest absolute Gasteiger partial charge is 0.242 e. The molecule has 5 rings (SSSR count). The highest BCUT2D eigenvalue weighted by molar-refractivity contribution is 7.99. The molecule has 204 valence electrons. The van der Waals surface area contributed by atoms with Crippen LogP contribution in [0.15, 0.2) is 58.7 Å². The van der Waals surface area contributed by atoms with Gasteiger partial charge < -0.3 is 4.90 Å². The Kier molecular flexibility index (Phi) is 7.41. The molecule has 0 spiro atoms. The normalized spacial score (nSPS) is 14.4. The van der Waals surface area contributed by atoms with Gasteiger partial charge in [0.05, 0.1) is 40.6 Å². The van der Waals surface area contributed by atoms with Gasteiger partial charge >= 0.3 is 0 Å². The molecule has 1 fully saturated rings. The van der Waals surface area contributed by atoms with Crippen LogP contribution in [0.4, 0.5) is 0 Å². The number of pyridine rings is 1. The fourth-order valence-corrected chi connectivity index (χ4v) is 6.22. The van der Waals surface area contributed by atoms with Crippen molar-refractivity contribution in [3.8, 4) is 23.3 Å². The average Bonchev–Trinajstić information content (AvgIpc) is 3.56. The summed E-state index contributed by atoms with van der Waals surface area (Å²) in [6.07, 6.45) is 7.06. The SMILES string of the molecule is Cc1c(-c2cc(Sc3ccccc3C#N)c3c(C#N)cnn3c2)cnn1C1CCN(C(=O)C(C)(C)N(C)C)CC1. The molecule has 0 N–H and O–H groups in total. The molecule has 10 heteroatoms. The fraction of sp³-hybridized carbons (Fsp3) is 0.367. The molecule has 0 atom stereocenters. The van der Waals surface area contributed by atoms with Crippen LogP contribution in [0.25, 0.3) is 16.6 Å². The van der Waals surface area contributed by atoms with E-state index in [0.29, 0.717) is 29.7 Å². The van der Waals surface area contributed by atoms with Gasteiger partial charge in [-0.2, -0.15) is 20.7 Å². The van der Waals surface area contributed by atoms with E-state index in [1.54, 1.807) is 16.8 Å². The lowest BCUT2D eigenvalue weighted by atomic mass is 9.98. The molecule has 1 aromatic carbocycles. The van der Waals surface area contributed by atoms with Crippen molar-refractivity contribution in [2.75, 3.05) is 27.2 Å². The van der Waals surface area contributed by atoms with Crippen molar-refractivity contribution >= 4 is 23.2 Å². The van der Waals surface area contributed by atoms with Crippen LogP contribution >= 0.6 is 11.8 Å². The first-order chi connectivity index (χ1) is 19.1. The molecule has 0 radical (unpaired) electrons. The zero-order valence-electron chi connectivity index (χ0n) is 23.4. The zero-order chi connectivity index (χ0) is 28.6. The first-order valence-corrected chi connectivity index (χ1v) is 14.1. The molecule has 0 saturated carbocycles. The number of benzene rings is 1. The summed E-state index contributed by atoms with van der Waals surface area (Å²) >= 11 is 1.46. The molecule has 3 aromatic heterocycles. The zero-order valence-corrected chi connectivity index (χ0v) is 24.2. The van der Waals surface area contributed by atoms with Crippen molar-refractivity contribution in [3.05, 3.63) is 65.7 Å². The second-order valence-electron chi connectivity index (χ2n) is 10.8. The van der Waals surface area contributed by atoms with Gasteiger partial charge in [-0.3, -0.25) is 14.4 Å². The maximum atomic E-state index is 13.1. The molecule has 9 nitrogen and oxygen atoms in total. The van der Waals surface area contributed by atoms with Gasteiger partial charge in [0.2, 0.25) is 5.91 Å². The standard InChI is InChI=1S/C30H32N8OS/c1-20-25(18-34-38(20)24-10-12-36(13-11-24)29(39)30(2,3)35(4)5)22-14-27(28-23(16-32)17-33-37(28)19-22)40-26-9-7-6-8-21(26)15-31/h6-9,14,17-19,24H,10-13H2,1-5H3.